The fourth-order valence-corrected chi connectivity index (χ4v) is 2.33. The van der Waals surface area contributed by atoms with Gasteiger partial charge in [0, 0.05) is 14.1 Å². The van der Waals surface area contributed by atoms with E-state index in [-0.39, 0.29) is 17.7 Å². The van der Waals surface area contributed by atoms with E-state index in [2.05, 4.69) is 32.3 Å². The van der Waals surface area contributed by atoms with Gasteiger partial charge in [-0.25, -0.2) is 4.99 Å². The van der Waals surface area contributed by atoms with Crippen molar-refractivity contribution in [3.63, 3.8) is 0 Å². The number of amides is 1. The normalized spacial score (nSPS) is 13.7. The van der Waals surface area contributed by atoms with Crippen LogP contribution < -0.4 is 0 Å². The Hall–Kier alpha value is -1.91. The molecule has 0 N–H and O–H groups in total. The number of ether oxygens (including phenoxy) is 1. The van der Waals surface area contributed by atoms with Crippen LogP contribution in [-0.4, -0.2) is 44.3 Å². The minimum Gasteiger partial charge on any atom is -0.469 e. The number of aliphatic imine (C=N–C) groups is 1. The number of allylic oxidation sites excluding steroid dienone is 2. The molecule has 0 aliphatic heterocycles. The zero-order valence-electron chi connectivity index (χ0n) is 15.3. The number of hydrogen-bond donors (Lipinski definition) is 0. The first-order valence-corrected chi connectivity index (χ1v) is 7.83. The van der Waals surface area contributed by atoms with Crippen molar-refractivity contribution >= 4 is 18.2 Å². The molecule has 0 rings (SSSR count). The lowest BCUT2D eigenvalue weighted by Gasteiger charge is -2.23. The van der Waals surface area contributed by atoms with Crippen molar-refractivity contribution in [2.24, 2.45) is 16.3 Å². The Morgan fingerprint density at radius 1 is 1.35 bits per heavy atom. The van der Waals surface area contributed by atoms with Crippen molar-refractivity contribution in [3.8, 4) is 0 Å². The number of carbonyl (C=O) groups excluding carboxylic acids is 2. The smallest absolute Gasteiger partial charge is 0.306 e. The Morgan fingerprint density at radius 3 is 2.39 bits per heavy atom. The predicted molar refractivity (Wildman–Crippen MR) is 94.3 cm³/mol. The molecule has 0 radical (unpaired) electrons. The highest BCUT2D eigenvalue weighted by atomic mass is 16.5. The molecule has 0 aromatic heterocycles. The zero-order chi connectivity index (χ0) is 18.0. The summed E-state index contributed by atoms with van der Waals surface area (Å²) >= 11 is 0. The van der Waals surface area contributed by atoms with E-state index >= 15 is 0 Å². The maximum absolute atomic E-state index is 12.4. The van der Waals surface area contributed by atoms with E-state index in [1.165, 1.54) is 13.4 Å². The molecular weight excluding hydrogens is 292 g/mol. The fraction of sp³-hybridized carbons (Fsp3) is 0.611. The van der Waals surface area contributed by atoms with Crippen molar-refractivity contribution in [1.82, 2.24) is 4.90 Å². The van der Waals surface area contributed by atoms with Crippen LogP contribution in [0.4, 0.5) is 0 Å². The molecule has 0 aliphatic carbocycles. The molecule has 1 amide bonds. The number of methoxy groups -OCH3 is 1. The monoisotopic (exact) mass is 322 g/mol. The highest BCUT2D eigenvalue weighted by Crippen LogP contribution is 2.30. The molecule has 5 heteroatoms. The molecule has 5 nitrogen and oxygen atoms in total. The van der Waals surface area contributed by atoms with Gasteiger partial charge in [0.25, 0.3) is 5.91 Å². The van der Waals surface area contributed by atoms with Gasteiger partial charge in [0.15, 0.2) is 0 Å². The first-order valence-electron chi connectivity index (χ1n) is 7.83. The van der Waals surface area contributed by atoms with Gasteiger partial charge in [0.2, 0.25) is 0 Å². The first kappa shape index (κ1) is 21.1. The van der Waals surface area contributed by atoms with Crippen LogP contribution in [0.1, 0.15) is 40.0 Å². The van der Waals surface area contributed by atoms with Crippen molar-refractivity contribution in [3.05, 3.63) is 24.3 Å². The lowest BCUT2D eigenvalue weighted by molar-refractivity contribution is -0.143. The number of esters is 1. The highest BCUT2D eigenvalue weighted by molar-refractivity contribution is 5.91. The van der Waals surface area contributed by atoms with Crippen LogP contribution in [0.3, 0.4) is 0 Å². The summed E-state index contributed by atoms with van der Waals surface area (Å²) in [6.07, 6.45) is 7.05. The molecule has 0 saturated carbocycles. The molecular formula is C18H30N2O3. The second-order valence-electron chi connectivity index (χ2n) is 6.47. The topological polar surface area (TPSA) is 59.0 Å². The Balaban J connectivity index is 5.61. The Labute approximate surface area is 140 Å². The third kappa shape index (κ3) is 8.33. The van der Waals surface area contributed by atoms with Crippen LogP contribution >= 0.6 is 0 Å². The molecule has 0 heterocycles. The second-order valence-corrected chi connectivity index (χ2v) is 6.47. The summed E-state index contributed by atoms with van der Waals surface area (Å²) < 4.78 is 4.71. The SMILES string of the molecule is C=C/C(=C\C(C)(C)CCC)[C@H](CC(=O)OC)C(=O)N=CN(C)C. The first-order chi connectivity index (χ1) is 10.7. The van der Waals surface area contributed by atoms with Crippen molar-refractivity contribution in [2.75, 3.05) is 21.2 Å². The summed E-state index contributed by atoms with van der Waals surface area (Å²) in [5.74, 6) is -1.49. The Morgan fingerprint density at radius 2 is 1.96 bits per heavy atom. The summed E-state index contributed by atoms with van der Waals surface area (Å²) in [6, 6.07) is 0. The summed E-state index contributed by atoms with van der Waals surface area (Å²) in [4.78, 5) is 29.7. The van der Waals surface area contributed by atoms with Gasteiger partial charge in [-0.2, -0.15) is 0 Å². The molecule has 0 fully saturated rings. The fourth-order valence-electron chi connectivity index (χ4n) is 2.33. The quantitative estimate of drug-likeness (QED) is 0.283. The molecule has 0 aliphatic rings. The van der Waals surface area contributed by atoms with E-state index in [9.17, 15) is 9.59 Å². The average Bonchev–Trinajstić information content (AvgIpc) is 2.47. The summed E-state index contributed by atoms with van der Waals surface area (Å²) in [5.41, 5.74) is 0.632. The molecule has 0 bridgehead atoms. The van der Waals surface area contributed by atoms with Gasteiger partial charge in [-0.15, -0.1) is 0 Å². The number of carbonyl (C=O) groups is 2. The molecule has 130 valence electrons. The third-order valence-electron chi connectivity index (χ3n) is 3.40. The largest absolute Gasteiger partial charge is 0.469 e. The van der Waals surface area contributed by atoms with Gasteiger partial charge in [-0.3, -0.25) is 9.59 Å². The van der Waals surface area contributed by atoms with E-state index in [0.717, 1.165) is 18.4 Å². The van der Waals surface area contributed by atoms with Gasteiger partial charge in [-0.1, -0.05) is 45.9 Å². The van der Waals surface area contributed by atoms with Crippen LogP contribution in [0.5, 0.6) is 0 Å². The maximum atomic E-state index is 12.4. The average molecular weight is 322 g/mol. The molecule has 0 spiro atoms. The lowest BCUT2D eigenvalue weighted by Crippen LogP contribution is -2.22. The Kier molecular flexibility index (Phi) is 9.15. The van der Waals surface area contributed by atoms with Gasteiger partial charge < -0.3 is 9.64 Å². The maximum Gasteiger partial charge on any atom is 0.306 e. The van der Waals surface area contributed by atoms with Crippen molar-refractivity contribution in [2.45, 2.75) is 40.0 Å². The van der Waals surface area contributed by atoms with Crippen molar-refractivity contribution < 1.29 is 14.3 Å². The minimum absolute atomic E-state index is 0.0415. The molecule has 0 aromatic rings. The molecule has 0 aromatic carbocycles. The van der Waals surface area contributed by atoms with E-state index in [4.69, 9.17) is 4.74 Å². The van der Waals surface area contributed by atoms with Gasteiger partial charge in [0.1, 0.15) is 0 Å². The third-order valence-corrected chi connectivity index (χ3v) is 3.40. The van der Waals surface area contributed by atoms with Crippen LogP contribution in [0.25, 0.3) is 0 Å². The molecule has 0 unspecified atom stereocenters. The van der Waals surface area contributed by atoms with Crippen LogP contribution in [0.2, 0.25) is 0 Å². The van der Waals surface area contributed by atoms with Crippen LogP contribution in [0, 0.1) is 11.3 Å². The summed E-state index contributed by atoms with van der Waals surface area (Å²) in [7, 11) is 4.87. The van der Waals surface area contributed by atoms with E-state index < -0.39 is 11.9 Å². The molecule has 23 heavy (non-hydrogen) atoms. The second kappa shape index (κ2) is 9.98. The number of hydrogen-bond acceptors (Lipinski definition) is 3. The van der Waals surface area contributed by atoms with E-state index in [0.29, 0.717) is 0 Å². The highest BCUT2D eigenvalue weighted by Gasteiger charge is 2.26. The number of nitrogens with zero attached hydrogens (tertiary/aromatic N) is 2. The van der Waals surface area contributed by atoms with Crippen LogP contribution in [-0.2, 0) is 14.3 Å². The van der Waals surface area contributed by atoms with Gasteiger partial charge in [0.05, 0.1) is 25.8 Å². The zero-order valence-corrected chi connectivity index (χ0v) is 15.3. The van der Waals surface area contributed by atoms with E-state index in [1.807, 2.05) is 6.08 Å². The summed E-state index contributed by atoms with van der Waals surface area (Å²) in [6.45, 7) is 10.1. The molecule has 1 atom stereocenters. The number of rotatable bonds is 9. The summed E-state index contributed by atoms with van der Waals surface area (Å²) in [5, 5.41) is 0. The van der Waals surface area contributed by atoms with Crippen LogP contribution in [0.15, 0.2) is 29.3 Å². The Bertz CT molecular complexity index is 477. The van der Waals surface area contributed by atoms with Crippen molar-refractivity contribution in [1.29, 1.82) is 0 Å². The minimum atomic E-state index is -0.674. The lowest BCUT2D eigenvalue weighted by atomic mass is 9.82. The standard InChI is InChI=1S/C18H30N2O3/c1-8-10-18(3,4)12-14(9-2)15(11-16(21)23-7)17(22)19-13-20(5)6/h9,12-13,15H,2,8,10-11H2,1,3-7H3/b14-12+,19-13?/t15-/m0/s1. The predicted octanol–water partition coefficient (Wildman–Crippen LogP) is 3.22. The van der Waals surface area contributed by atoms with E-state index in [1.54, 1.807) is 25.1 Å². The molecule has 0 saturated heterocycles. The van der Waals surface area contributed by atoms with Gasteiger partial charge in [-0.05, 0) is 17.4 Å². The van der Waals surface area contributed by atoms with Gasteiger partial charge >= 0.3 is 5.97 Å².